The Labute approximate surface area is 204 Å². The van der Waals surface area contributed by atoms with Crippen molar-refractivity contribution in [2.24, 2.45) is 0 Å². The maximum absolute atomic E-state index is 12.9. The van der Waals surface area contributed by atoms with Gasteiger partial charge in [0.2, 0.25) is 5.91 Å². The van der Waals surface area contributed by atoms with Crippen LogP contribution in [0.4, 0.5) is 0 Å². The van der Waals surface area contributed by atoms with Crippen molar-refractivity contribution in [3.05, 3.63) is 95.3 Å². The third kappa shape index (κ3) is 4.36. The fourth-order valence-corrected chi connectivity index (χ4v) is 4.94. The van der Waals surface area contributed by atoms with E-state index in [1.54, 1.807) is 41.4 Å². The smallest absolute Gasteiger partial charge is 0.254 e. The molecule has 35 heavy (non-hydrogen) atoms. The van der Waals surface area contributed by atoms with Gasteiger partial charge in [0.15, 0.2) is 0 Å². The summed E-state index contributed by atoms with van der Waals surface area (Å²) in [5.41, 5.74) is 3.29. The zero-order valence-electron chi connectivity index (χ0n) is 19.3. The molecular weight excluding hydrogens is 442 g/mol. The zero-order chi connectivity index (χ0) is 24.4. The first kappa shape index (κ1) is 22.6. The number of carbonyl (C=O) groups is 2. The number of amides is 2. The van der Waals surface area contributed by atoms with E-state index in [1.165, 1.54) is 0 Å². The molecule has 0 bridgehead atoms. The molecule has 2 aromatic carbocycles. The van der Waals surface area contributed by atoms with Crippen LogP contribution in [0, 0.1) is 11.8 Å². The molecule has 0 aliphatic carbocycles. The highest BCUT2D eigenvalue weighted by Gasteiger charge is 2.54. The normalized spacial score (nSPS) is 20.9. The lowest BCUT2D eigenvalue weighted by Gasteiger charge is -2.58. The summed E-state index contributed by atoms with van der Waals surface area (Å²) in [6.45, 7) is 0.318. The second-order valence-electron chi connectivity index (χ2n) is 8.67. The molecule has 176 valence electrons. The first-order chi connectivity index (χ1) is 17.1. The molecule has 3 atom stereocenters. The first-order valence-corrected chi connectivity index (χ1v) is 11.5. The number of nitrogens with zero attached hydrogens (tertiary/aromatic N) is 3. The molecular formula is C28H25N3O4. The Balaban J connectivity index is 1.33. The second-order valence-corrected chi connectivity index (χ2v) is 8.67. The topological polar surface area (TPSA) is 83.0 Å². The summed E-state index contributed by atoms with van der Waals surface area (Å²) in [4.78, 5) is 33.1. The van der Waals surface area contributed by atoms with E-state index >= 15 is 0 Å². The molecule has 2 saturated heterocycles. The average Bonchev–Trinajstić information content (AvgIpc) is 2.89. The van der Waals surface area contributed by atoms with Gasteiger partial charge < -0.3 is 19.6 Å². The molecule has 2 aliphatic rings. The Hall–Kier alpha value is -4.15. The molecule has 2 amide bonds. The Morgan fingerprint density at radius 3 is 2.26 bits per heavy atom. The van der Waals surface area contributed by atoms with Crippen LogP contribution in [0.25, 0.3) is 0 Å². The fraction of sp³-hybridized carbons (Fsp3) is 0.250. The van der Waals surface area contributed by atoms with E-state index in [2.05, 4.69) is 16.8 Å². The van der Waals surface area contributed by atoms with E-state index in [4.69, 9.17) is 4.74 Å². The van der Waals surface area contributed by atoms with Crippen LogP contribution in [0.3, 0.4) is 0 Å². The maximum atomic E-state index is 12.9. The molecule has 2 aliphatic heterocycles. The van der Waals surface area contributed by atoms with Crippen LogP contribution in [-0.4, -0.2) is 70.6 Å². The molecule has 2 fully saturated rings. The van der Waals surface area contributed by atoms with Crippen molar-refractivity contribution < 1.29 is 19.4 Å². The number of hydrogen-bond donors (Lipinski definition) is 1. The number of aliphatic hydroxyl groups is 1. The third-order valence-electron chi connectivity index (χ3n) is 6.70. The van der Waals surface area contributed by atoms with Gasteiger partial charge in [0.1, 0.15) is 12.3 Å². The van der Waals surface area contributed by atoms with Gasteiger partial charge in [0.25, 0.3) is 5.91 Å². The lowest BCUT2D eigenvalue weighted by molar-refractivity contribution is -0.159. The lowest BCUT2D eigenvalue weighted by atomic mass is 9.73. The van der Waals surface area contributed by atoms with E-state index < -0.39 is 0 Å². The highest BCUT2D eigenvalue weighted by molar-refractivity contribution is 5.97. The molecule has 7 nitrogen and oxygen atoms in total. The number of fused-ring (bicyclic) bond motifs is 1. The number of hydrogen-bond acceptors (Lipinski definition) is 5. The van der Waals surface area contributed by atoms with Crippen molar-refractivity contribution >= 4 is 11.8 Å². The van der Waals surface area contributed by atoms with E-state index in [9.17, 15) is 14.7 Å². The SMILES string of the molecule is COc1ccc(C#Cc2ccc([C@H]3[C@@H](CO)N4C(=O)CN(C(=O)c5ccncc5)C[C@H]34)cc2)cc1. The van der Waals surface area contributed by atoms with Crippen molar-refractivity contribution in [2.75, 3.05) is 26.8 Å². The van der Waals surface area contributed by atoms with Crippen LogP contribution in [0.2, 0.25) is 0 Å². The van der Waals surface area contributed by atoms with Gasteiger partial charge in [0.05, 0.1) is 25.8 Å². The number of pyridine rings is 1. The van der Waals surface area contributed by atoms with Crippen LogP contribution in [-0.2, 0) is 4.79 Å². The van der Waals surface area contributed by atoms with Gasteiger partial charge in [0, 0.05) is 41.5 Å². The molecule has 1 aromatic heterocycles. The number of aromatic nitrogens is 1. The van der Waals surface area contributed by atoms with Crippen molar-refractivity contribution in [3.8, 4) is 17.6 Å². The number of methoxy groups -OCH3 is 1. The molecule has 3 aromatic rings. The Morgan fingerprint density at radius 1 is 1.03 bits per heavy atom. The Kier molecular flexibility index (Phi) is 6.21. The number of piperazine rings is 1. The minimum Gasteiger partial charge on any atom is -0.497 e. The van der Waals surface area contributed by atoms with Crippen LogP contribution in [0.5, 0.6) is 5.75 Å². The van der Waals surface area contributed by atoms with Gasteiger partial charge in [-0.15, -0.1) is 0 Å². The average molecular weight is 468 g/mol. The Bertz CT molecular complexity index is 1280. The molecule has 3 heterocycles. The van der Waals surface area contributed by atoms with Crippen LogP contribution >= 0.6 is 0 Å². The van der Waals surface area contributed by atoms with E-state index in [0.29, 0.717) is 12.1 Å². The summed E-state index contributed by atoms with van der Waals surface area (Å²) in [5.74, 6) is 6.72. The standard InChI is InChI=1S/C28H25N3O4/c1-35-23-10-6-20(7-11-23)3-2-19-4-8-21(9-5-19)27-24-16-30(17-26(33)31(24)25(27)18-32)28(34)22-12-14-29-15-13-22/h4-15,24-25,27,32H,16-18H2,1H3/t24-,25-,27-/m1/s1. The highest BCUT2D eigenvalue weighted by atomic mass is 16.5. The fourth-order valence-electron chi connectivity index (χ4n) is 4.94. The predicted octanol–water partition coefficient (Wildman–Crippen LogP) is 2.30. The van der Waals surface area contributed by atoms with Gasteiger partial charge in [-0.2, -0.15) is 0 Å². The number of benzene rings is 2. The maximum Gasteiger partial charge on any atom is 0.254 e. The third-order valence-corrected chi connectivity index (χ3v) is 6.70. The molecule has 5 rings (SSSR count). The molecule has 0 spiro atoms. The summed E-state index contributed by atoms with van der Waals surface area (Å²) in [6.07, 6.45) is 3.14. The quantitative estimate of drug-likeness (QED) is 0.596. The number of ether oxygens (including phenoxy) is 1. The van der Waals surface area contributed by atoms with E-state index in [1.807, 2.05) is 48.5 Å². The van der Waals surface area contributed by atoms with Gasteiger partial charge in [-0.3, -0.25) is 14.6 Å². The minimum absolute atomic E-state index is 0.0146. The number of carbonyl (C=O) groups excluding carboxylic acids is 2. The van der Waals surface area contributed by atoms with Crippen molar-refractivity contribution in [1.82, 2.24) is 14.8 Å². The van der Waals surface area contributed by atoms with Gasteiger partial charge >= 0.3 is 0 Å². The summed E-state index contributed by atoms with van der Waals surface area (Å²) in [5, 5.41) is 10.0. The largest absolute Gasteiger partial charge is 0.497 e. The second kappa shape index (κ2) is 9.61. The molecule has 1 N–H and O–H groups in total. The van der Waals surface area contributed by atoms with Crippen LogP contribution in [0.15, 0.2) is 73.1 Å². The minimum atomic E-state index is -0.290. The molecule has 0 radical (unpaired) electrons. The summed E-state index contributed by atoms with van der Waals surface area (Å²) >= 11 is 0. The van der Waals surface area contributed by atoms with Gasteiger partial charge in [-0.1, -0.05) is 24.0 Å². The predicted molar refractivity (Wildman–Crippen MR) is 130 cm³/mol. The van der Waals surface area contributed by atoms with Crippen LogP contribution in [0.1, 0.15) is 33.0 Å². The van der Waals surface area contributed by atoms with E-state index in [-0.39, 0.29) is 43.0 Å². The first-order valence-electron chi connectivity index (χ1n) is 11.5. The van der Waals surface area contributed by atoms with Crippen molar-refractivity contribution in [1.29, 1.82) is 0 Å². The summed E-state index contributed by atoms with van der Waals surface area (Å²) in [6, 6.07) is 18.3. The Morgan fingerprint density at radius 2 is 1.66 bits per heavy atom. The van der Waals surface area contributed by atoms with Crippen molar-refractivity contribution in [2.45, 2.75) is 18.0 Å². The van der Waals surface area contributed by atoms with Crippen molar-refractivity contribution in [3.63, 3.8) is 0 Å². The summed E-state index contributed by atoms with van der Waals surface area (Å²) < 4.78 is 5.17. The zero-order valence-corrected chi connectivity index (χ0v) is 19.3. The number of aliphatic hydroxyl groups excluding tert-OH is 1. The molecule has 0 saturated carbocycles. The molecule has 0 unspecified atom stereocenters. The monoisotopic (exact) mass is 467 g/mol. The van der Waals surface area contributed by atoms with Gasteiger partial charge in [-0.25, -0.2) is 0 Å². The van der Waals surface area contributed by atoms with E-state index in [0.717, 1.165) is 22.4 Å². The molecule has 7 heteroatoms. The summed E-state index contributed by atoms with van der Waals surface area (Å²) in [7, 11) is 1.63. The highest BCUT2D eigenvalue weighted by Crippen LogP contribution is 2.43. The van der Waals surface area contributed by atoms with Crippen LogP contribution < -0.4 is 4.74 Å². The lowest BCUT2D eigenvalue weighted by Crippen LogP contribution is -2.73. The van der Waals surface area contributed by atoms with Gasteiger partial charge in [-0.05, 0) is 54.1 Å². The number of rotatable bonds is 4.